The maximum atomic E-state index is 12.8. The molecule has 0 fully saturated rings. The minimum Gasteiger partial charge on any atom is -0.350 e. The van der Waals surface area contributed by atoms with Gasteiger partial charge in [0.25, 0.3) is 0 Å². The number of nitrogens with zero attached hydrogens (tertiary/aromatic N) is 5. The summed E-state index contributed by atoms with van der Waals surface area (Å²) in [6.07, 6.45) is 3.32. The van der Waals surface area contributed by atoms with Crippen molar-refractivity contribution in [2.24, 2.45) is 0 Å². The van der Waals surface area contributed by atoms with E-state index in [1.807, 2.05) is 24.3 Å². The van der Waals surface area contributed by atoms with Gasteiger partial charge in [-0.1, -0.05) is 35.9 Å². The van der Waals surface area contributed by atoms with E-state index in [0.29, 0.717) is 22.7 Å². The first kappa shape index (κ1) is 21.0. The van der Waals surface area contributed by atoms with Crippen molar-refractivity contribution in [1.29, 1.82) is 0 Å². The van der Waals surface area contributed by atoms with Crippen molar-refractivity contribution in [3.63, 3.8) is 0 Å². The molecule has 1 N–H and O–H groups in total. The Bertz CT molecular complexity index is 1560. The third kappa shape index (κ3) is 4.01. The van der Waals surface area contributed by atoms with E-state index in [0.717, 1.165) is 21.5 Å². The second kappa shape index (κ2) is 8.22. The molecule has 3 heterocycles. The van der Waals surface area contributed by atoms with Gasteiger partial charge in [-0.25, -0.2) is 18.4 Å². The largest absolute Gasteiger partial charge is 0.350 e. The Morgan fingerprint density at radius 3 is 2.55 bits per heavy atom. The number of carbonyl (C=O) groups excluding carboxylic acids is 1. The number of amides is 1. The summed E-state index contributed by atoms with van der Waals surface area (Å²) in [6.45, 7) is 4.28. The van der Waals surface area contributed by atoms with E-state index in [4.69, 9.17) is 11.6 Å². The summed E-state index contributed by atoms with van der Waals surface area (Å²) in [5.74, 6) is -0.309. The van der Waals surface area contributed by atoms with Gasteiger partial charge in [0.2, 0.25) is 5.91 Å². The van der Waals surface area contributed by atoms with E-state index in [1.165, 1.54) is 15.5 Å². The Hall–Kier alpha value is -3.91. The molecule has 166 valence electrons. The SMILES string of the molecule is Cc1ccc(-c2cc3c4nn(CC(=O)NCc5ccc(Cl)cc5)c(=O)n4ccn3n2)cc1C. The van der Waals surface area contributed by atoms with Crippen LogP contribution in [0.3, 0.4) is 0 Å². The molecule has 0 saturated carbocycles. The fourth-order valence-corrected chi connectivity index (χ4v) is 3.80. The summed E-state index contributed by atoms with van der Waals surface area (Å²) in [4.78, 5) is 25.2. The highest BCUT2D eigenvalue weighted by Crippen LogP contribution is 2.23. The van der Waals surface area contributed by atoms with Crippen LogP contribution in [0.4, 0.5) is 0 Å². The Kier molecular flexibility index (Phi) is 5.22. The van der Waals surface area contributed by atoms with Crippen molar-refractivity contribution < 1.29 is 4.79 Å². The minimum atomic E-state index is -0.386. The normalized spacial score (nSPS) is 11.4. The molecule has 0 aliphatic rings. The highest BCUT2D eigenvalue weighted by Gasteiger charge is 2.15. The van der Waals surface area contributed by atoms with Gasteiger partial charge >= 0.3 is 5.69 Å². The van der Waals surface area contributed by atoms with Crippen LogP contribution in [0.5, 0.6) is 0 Å². The van der Waals surface area contributed by atoms with Crippen LogP contribution in [0.15, 0.2) is 65.7 Å². The quantitative estimate of drug-likeness (QED) is 0.435. The summed E-state index contributed by atoms with van der Waals surface area (Å²) < 4.78 is 4.28. The fourth-order valence-electron chi connectivity index (χ4n) is 3.67. The van der Waals surface area contributed by atoms with Gasteiger partial charge in [0.15, 0.2) is 5.65 Å². The van der Waals surface area contributed by atoms with Crippen LogP contribution >= 0.6 is 11.6 Å². The number of aryl methyl sites for hydroxylation is 2. The smallest absolute Gasteiger partial charge is 0.350 e. The Morgan fingerprint density at radius 2 is 1.79 bits per heavy atom. The highest BCUT2D eigenvalue weighted by molar-refractivity contribution is 6.30. The zero-order chi connectivity index (χ0) is 23.1. The third-order valence-corrected chi connectivity index (χ3v) is 5.94. The molecule has 0 unspecified atom stereocenters. The molecule has 0 bridgehead atoms. The lowest BCUT2D eigenvalue weighted by Gasteiger charge is -2.05. The number of nitrogens with one attached hydrogen (secondary N) is 1. The Morgan fingerprint density at radius 1 is 1.00 bits per heavy atom. The predicted molar refractivity (Wildman–Crippen MR) is 126 cm³/mol. The lowest BCUT2D eigenvalue weighted by molar-refractivity contribution is -0.122. The molecule has 0 spiro atoms. The summed E-state index contributed by atoms with van der Waals surface area (Å²) in [6, 6.07) is 15.3. The number of hydrogen-bond acceptors (Lipinski definition) is 4. The molecule has 8 nitrogen and oxygen atoms in total. The Labute approximate surface area is 194 Å². The molecule has 0 atom stereocenters. The molecular formula is C24H21ClN6O2. The number of rotatable bonds is 5. The first-order chi connectivity index (χ1) is 15.9. The average molecular weight is 461 g/mol. The van der Waals surface area contributed by atoms with Gasteiger partial charge in [-0.05, 0) is 54.8 Å². The van der Waals surface area contributed by atoms with Crippen molar-refractivity contribution in [3.8, 4) is 11.3 Å². The number of halogens is 1. The molecule has 5 aromatic rings. The number of benzene rings is 2. The third-order valence-electron chi connectivity index (χ3n) is 5.69. The van der Waals surface area contributed by atoms with Crippen LogP contribution in [0.25, 0.3) is 22.4 Å². The van der Waals surface area contributed by atoms with E-state index >= 15 is 0 Å². The maximum Gasteiger partial charge on any atom is 0.350 e. The van der Waals surface area contributed by atoms with Gasteiger partial charge in [0, 0.05) is 29.5 Å². The van der Waals surface area contributed by atoms with E-state index < -0.39 is 0 Å². The standard InChI is InChI=1S/C24H21ClN6O2/c1-15-3-6-18(11-16(15)2)20-12-21-23-28-31(24(33)29(23)9-10-30(21)27-20)14-22(32)26-13-17-4-7-19(25)8-5-17/h3-12H,13-14H2,1-2H3,(H,26,32). The summed E-state index contributed by atoms with van der Waals surface area (Å²) in [7, 11) is 0. The van der Waals surface area contributed by atoms with Crippen molar-refractivity contribution >= 4 is 28.7 Å². The topological polar surface area (TPSA) is 85.7 Å². The van der Waals surface area contributed by atoms with Gasteiger partial charge in [0.05, 0.1) is 5.69 Å². The number of aromatic nitrogens is 5. The van der Waals surface area contributed by atoms with Crippen LogP contribution in [-0.2, 0) is 17.9 Å². The molecule has 3 aromatic heterocycles. The number of carbonyl (C=O) groups is 1. The molecule has 0 aliphatic heterocycles. The van der Waals surface area contributed by atoms with Crippen molar-refractivity contribution in [1.82, 2.24) is 29.1 Å². The van der Waals surface area contributed by atoms with Gasteiger partial charge in [-0.2, -0.15) is 5.10 Å². The van der Waals surface area contributed by atoms with Crippen molar-refractivity contribution in [3.05, 3.63) is 93.1 Å². The number of fused-ring (bicyclic) bond motifs is 3. The van der Waals surface area contributed by atoms with E-state index in [2.05, 4.69) is 41.5 Å². The zero-order valence-corrected chi connectivity index (χ0v) is 18.9. The molecule has 2 aromatic carbocycles. The molecule has 0 radical (unpaired) electrons. The lowest BCUT2D eigenvalue weighted by Crippen LogP contribution is -2.32. The van der Waals surface area contributed by atoms with Crippen LogP contribution in [-0.4, -0.2) is 29.7 Å². The summed E-state index contributed by atoms with van der Waals surface area (Å²) >= 11 is 5.89. The van der Waals surface area contributed by atoms with Gasteiger partial charge in [-0.15, -0.1) is 5.10 Å². The van der Waals surface area contributed by atoms with E-state index in [-0.39, 0.29) is 18.1 Å². The minimum absolute atomic E-state index is 0.182. The molecule has 0 saturated heterocycles. The first-order valence-electron chi connectivity index (χ1n) is 10.5. The molecule has 0 aliphatic carbocycles. The van der Waals surface area contributed by atoms with Crippen molar-refractivity contribution in [2.45, 2.75) is 26.9 Å². The van der Waals surface area contributed by atoms with Crippen LogP contribution < -0.4 is 11.0 Å². The fraction of sp³-hybridized carbons (Fsp3) is 0.167. The number of hydrogen-bond donors (Lipinski definition) is 1. The van der Waals surface area contributed by atoms with E-state index in [1.54, 1.807) is 29.0 Å². The highest BCUT2D eigenvalue weighted by atomic mass is 35.5. The van der Waals surface area contributed by atoms with Gasteiger partial charge in [0.1, 0.15) is 12.1 Å². The predicted octanol–water partition coefficient (Wildman–Crippen LogP) is 3.40. The summed E-state index contributed by atoms with van der Waals surface area (Å²) in [5.41, 5.74) is 5.82. The molecule has 5 rings (SSSR count). The molecule has 9 heteroatoms. The lowest BCUT2D eigenvalue weighted by atomic mass is 10.0. The summed E-state index contributed by atoms with van der Waals surface area (Å²) in [5, 5.41) is 12.5. The monoisotopic (exact) mass is 460 g/mol. The maximum absolute atomic E-state index is 12.8. The zero-order valence-electron chi connectivity index (χ0n) is 18.1. The van der Waals surface area contributed by atoms with Crippen molar-refractivity contribution in [2.75, 3.05) is 0 Å². The van der Waals surface area contributed by atoms with Crippen LogP contribution in [0, 0.1) is 13.8 Å². The van der Waals surface area contributed by atoms with Gasteiger partial charge in [-0.3, -0.25) is 4.79 Å². The molecule has 33 heavy (non-hydrogen) atoms. The first-order valence-corrected chi connectivity index (χ1v) is 10.8. The molecular weight excluding hydrogens is 440 g/mol. The van der Waals surface area contributed by atoms with Crippen LogP contribution in [0.1, 0.15) is 16.7 Å². The van der Waals surface area contributed by atoms with Gasteiger partial charge < -0.3 is 5.32 Å². The molecule has 1 amide bonds. The Balaban J connectivity index is 1.42. The average Bonchev–Trinajstić information content (AvgIpc) is 3.37. The van der Waals surface area contributed by atoms with E-state index in [9.17, 15) is 9.59 Å². The second-order valence-electron chi connectivity index (χ2n) is 7.99. The van der Waals surface area contributed by atoms with Crippen LogP contribution in [0.2, 0.25) is 5.02 Å². The second-order valence-corrected chi connectivity index (χ2v) is 8.43.